The number of rotatable bonds is 3. The van der Waals surface area contributed by atoms with Crippen molar-refractivity contribution in [1.82, 2.24) is 34.2 Å². The highest BCUT2D eigenvalue weighted by atomic mass is 16.5. The first-order valence-electron chi connectivity index (χ1n) is 10.1. The molecule has 0 atom stereocenters. The van der Waals surface area contributed by atoms with Crippen LogP contribution in [-0.2, 0) is 6.54 Å². The summed E-state index contributed by atoms with van der Waals surface area (Å²) >= 11 is 0. The molecular formula is C20H26N8O. The maximum Gasteiger partial charge on any atom is 0.226 e. The number of fused-ring (bicyclic) bond motifs is 3. The van der Waals surface area contributed by atoms with E-state index in [1.807, 2.05) is 10.9 Å². The van der Waals surface area contributed by atoms with Gasteiger partial charge in [-0.2, -0.15) is 10.1 Å². The lowest BCUT2D eigenvalue weighted by Gasteiger charge is -2.33. The first-order chi connectivity index (χ1) is 14.1. The van der Waals surface area contributed by atoms with Crippen LogP contribution in [0.4, 0.5) is 5.82 Å². The Hall–Kier alpha value is -2.94. The van der Waals surface area contributed by atoms with Gasteiger partial charge >= 0.3 is 0 Å². The molecule has 0 unspecified atom stereocenters. The molecular weight excluding hydrogens is 368 g/mol. The normalized spacial score (nSPS) is 17.0. The molecule has 152 valence electrons. The lowest BCUT2D eigenvalue weighted by molar-refractivity contribution is 0.294. The van der Waals surface area contributed by atoms with E-state index in [9.17, 15) is 0 Å². The fraction of sp³-hybridized carbons (Fsp3) is 0.500. The van der Waals surface area contributed by atoms with Crippen LogP contribution in [0.1, 0.15) is 19.9 Å². The molecule has 1 fully saturated rings. The molecule has 0 radical (unpaired) electrons. The molecule has 5 rings (SSSR count). The number of ether oxygens (including phenoxy) is 1. The molecule has 9 heteroatoms. The van der Waals surface area contributed by atoms with Crippen LogP contribution in [-0.4, -0.2) is 74.0 Å². The summed E-state index contributed by atoms with van der Waals surface area (Å²) < 4.78 is 10.0. The zero-order valence-corrected chi connectivity index (χ0v) is 17.1. The van der Waals surface area contributed by atoms with Crippen molar-refractivity contribution in [3.05, 3.63) is 24.7 Å². The molecule has 1 saturated heterocycles. The van der Waals surface area contributed by atoms with Gasteiger partial charge in [-0.05, 0) is 33.0 Å². The van der Waals surface area contributed by atoms with Crippen LogP contribution in [0.25, 0.3) is 22.9 Å². The fourth-order valence-corrected chi connectivity index (χ4v) is 3.88. The molecule has 0 saturated carbocycles. The highest BCUT2D eigenvalue weighted by molar-refractivity contribution is 5.68. The standard InChI is InChI=1S/C20H26N8O/c1-14(2)28-19(21-13-22-28)16-12-27-10-11-29-20-15(18(27)23-16)4-5-17(24-20)26-8-6-25(3)7-9-26/h4-5,12-14H,6-11H2,1-3H3. The Morgan fingerprint density at radius 2 is 1.83 bits per heavy atom. The number of anilines is 1. The summed E-state index contributed by atoms with van der Waals surface area (Å²) in [5, 5.41) is 4.34. The van der Waals surface area contributed by atoms with Crippen LogP contribution < -0.4 is 9.64 Å². The van der Waals surface area contributed by atoms with Crippen LogP contribution in [0.5, 0.6) is 5.88 Å². The van der Waals surface area contributed by atoms with Crippen molar-refractivity contribution in [2.75, 3.05) is 44.7 Å². The van der Waals surface area contributed by atoms with Gasteiger partial charge in [0.05, 0.1) is 12.1 Å². The number of aromatic nitrogens is 6. The number of piperazine rings is 1. The zero-order valence-electron chi connectivity index (χ0n) is 17.1. The van der Waals surface area contributed by atoms with E-state index in [0.29, 0.717) is 12.5 Å². The minimum Gasteiger partial charge on any atom is -0.475 e. The quantitative estimate of drug-likeness (QED) is 0.672. The van der Waals surface area contributed by atoms with Gasteiger partial charge in [0, 0.05) is 38.4 Å². The molecule has 0 bridgehead atoms. The summed E-state index contributed by atoms with van der Waals surface area (Å²) in [4.78, 5) is 18.8. The van der Waals surface area contributed by atoms with Gasteiger partial charge in [0.25, 0.3) is 0 Å². The van der Waals surface area contributed by atoms with Gasteiger partial charge in [-0.25, -0.2) is 14.6 Å². The topological polar surface area (TPSA) is 77.1 Å². The third-order valence-corrected chi connectivity index (χ3v) is 5.55. The number of imidazole rings is 1. The molecule has 3 aromatic heterocycles. The van der Waals surface area contributed by atoms with Crippen molar-refractivity contribution in [3.63, 3.8) is 0 Å². The second kappa shape index (κ2) is 7.14. The van der Waals surface area contributed by atoms with Gasteiger partial charge in [0.15, 0.2) is 5.82 Å². The summed E-state index contributed by atoms with van der Waals surface area (Å²) in [7, 11) is 2.16. The van der Waals surface area contributed by atoms with Gasteiger partial charge < -0.3 is 19.1 Å². The van der Waals surface area contributed by atoms with Crippen LogP contribution in [0.15, 0.2) is 24.7 Å². The first-order valence-corrected chi connectivity index (χ1v) is 10.1. The highest BCUT2D eigenvalue weighted by Gasteiger charge is 2.24. The summed E-state index contributed by atoms with van der Waals surface area (Å²) in [6, 6.07) is 4.38. The Kier molecular flexibility index (Phi) is 4.46. The Morgan fingerprint density at radius 1 is 1.00 bits per heavy atom. The van der Waals surface area contributed by atoms with Crippen molar-refractivity contribution in [3.8, 4) is 28.8 Å². The van der Waals surface area contributed by atoms with Crippen LogP contribution in [0.3, 0.4) is 0 Å². The van der Waals surface area contributed by atoms with Crippen molar-refractivity contribution in [1.29, 1.82) is 0 Å². The number of nitrogens with zero attached hydrogens (tertiary/aromatic N) is 8. The Labute approximate surface area is 170 Å². The van der Waals surface area contributed by atoms with E-state index in [0.717, 1.165) is 61.4 Å². The molecule has 2 aliphatic heterocycles. The average Bonchev–Trinajstić information content (AvgIpc) is 3.33. The summed E-state index contributed by atoms with van der Waals surface area (Å²) in [6.07, 6.45) is 3.62. The third kappa shape index (κ3) is 3.25. The minimum absolute atomic E-state index is 0.220. The van der Waals surface area contributed by atoms with E-state index < -0.39 is 0 Å². The Morgan fingerprint density at radius 3 is 2.62 bits per heavy atom. The fourth-order valence-electron chi connectivity index (χ4n) is 3.88. The molecule has 5 heterocycles. The molecule has 0 spiro atoms. The van der Waals surface area contributed by atoms with Crippen LogP contribution in [0.2, 0.25) is 0 Å². The van der Waals surface area contributed by atoms with E-state index in [4.69, 9.17) is 14.7 Å². The molecule has 0 aromatic carbocycles. The lowest BCUT2D eigenvalue weighted by Crippen LogP contribution is -2.44. The minimum atomic E-state index is 0.220. The lowest BCUT2D eigenvalue weighted by atomic mass is 10.2. The molecule has 9 nitrogen and oxygen atoms in total. The van der Waals surface area contributed by atoms with Gasteiger partial charge in [0.1, 0.15) is 30.3 Å². The molecule has 3 aromatic rings. The molecule has 0 aliphatic carbocycles. The van der Waals surface area contributed by atoms with Crippen molar-refractivity contribution in [2.24, 2.45) is 0 Å². The number of hydrogen-bond donors (Lipinski definition) is 0. The number of pyridine rings is 1. The van der Waals surface area contributed by atoms with Crippen LogP contribution >= 0.6 is 0 Å². The molecule has 0 amide bonds. The van der Waals surface area contributed by atoms with Gasteiger partial charge in [-0.3, -0.25) is 0 Å². The summed E-state index contributed by atoms with van der Waals surface area (Å²) in [5.41, 5.74) is 1.74. The van der Waals surface area contributed by atoms with E-state index in [-0.39, 0.29) is 6.04 Å². The molecule has 2 aliphatic rings. The second-order valence-corrected chi connectivity index (χ2v) is 7.93. The van der Waals surface area contributed by atoms with Crippen LogP contribution in [0, 0.1) is 0 Å². The van der Waals surface area contributed by atoms with Gasteiger partial charge in [-0.1, -0.05) is 0 Å². The second-order valence-electron chi connectivity index (χ2n) is 7.93. The van der Waals surface area contributed by atoms with Gasteiger partial charge in [-0.15, -0.1) is 0 Å². The first kappa shape index (κ1) is 18.1. The van der Waals surface area contributed by atoms with Crippen molar-refractivity contribution < 1.29 is 4.74 Å². The maximum atomic E-state index is 5.99. The van der Waals surface area contributed by atoms with Gasteiger partial charge in [0.2, 0.25) is 5.88 Å². The third-order valence-electron chi connectivity index (χ3n) is 5.55. The molecule has 29 heavy (non-hydrogen) atoms. The smallest absolute Gasteiger partial charge is 0.226 e. The van der Waals surface area contributed by atoms with Crippen molar-refractivity contribution in [2.45, 2.75) is 26.4 Å². The molecule has 0 N–H and O–H groups in total. The zero-order chi connectivity index (χ0) is 20.0. The van der Waals surface area contributed by atoms with Crippen molar-refractivity contribution >= 4 is 5.82 Å². The Bertz CT molecular complexity index is 1020. The van der Waals surface area contributed by atoms with E-state index in [1.54, 1.807) is 6.33 Å². The van der Waals surface area contributed by atoms with E-state index in [2.05, 4.69) is 57.5 Å². The predicted octanol–water partition coefficient (Wildman–Crippen LogP) is 1.93. The van der Waals surface area contributed by atoms with E-state index in [1.165, 1.54) is 0 Å². The maximum absolute atomic E-state index is 5.99. The largest absolute Gasteiger partial charge is 0.475 e. The SMILES string of the molecule is CC(C)n1ncnc1-c1cn2c(n1)-c1ccc(N3CCN(C)CC3)nc1OCC2. The summed E-state index contributed by atoms with van der Waals surface area (Å²) in [5.74, 6) is 3.27. The summed E-state index contributed by atoms with van der Waals surface area (Å²) in [6.45, 7) is 9.51. The van der Waals surface area contributed by atoms with E-state index >= 15 is 0 Å². The number of hydrogen-bond acceptors (Lipinski definition) is 7. The predicted molar refractivity (Wildman–Crippen MR) is 110 cm³/mol. The monoisotopic (exact) mass is 394 g/mol. The average molecular weight is 394 g/mol. The number of likely N-dealkylation sites (N-methyl/N-ethyl adjacent to an activating group) is 1. The Balaban J connectivity index is 1.51. The highest BCUT2D eigenvalue weighted by Crippen LogP contribution is 2.34.